The second-order valence-corrected chi connectivity index (χ2v) is 3.18. The van der Waals surface area contributed by atoms with Crippen molar-refractivity contribution in [2.45, 2.75) is 6.42 Å². The van der Waals surface area contributed by atoms with Crippen molar-refractivity contribution in [1.82, 2.24) is 5.32 Å². The third kappa shape index (κ3) is 6.28. The Labute approximate surface area is 90.6 Å². The summed E-state index contributed by atoms with van der Waals surface area (Å²) >= 11 is 0. The molecule has 0 aromatic carbocycles. The molecule has 0 saturated carbocycles. The van der Waals surface area contributed by atoms with Gasteiger partial charge in [-0.1, -0.05) is 0 Å². The average molecular weight is 213 g/mol. The van der Waals surface area contributed by atoms with Crippen LogP contribution in [0, 0.1) is 0 Å². The van der Waals surface area contributed by atoms with E-state index in [1.54, 1.807) is 13.4 Å². The van der Waals surface area contributed by atoms with Gasteiger partial charge in [-0.3, -0.25) is 0 Å². The highest BCUT2D eigenvalue weighted by molar-refractivity contribution is 4.98. The van der Waals surface area contributed by atoms with Crippen LogP contribution >= 0.6 is 0 Å². The number of nitrogens with one attached hydrogen (secondary N) is 1. The lowest BCUT2D eigenvalue weighted by Crippen LogP contribution is -2.22. The molecule has 15 heavy (non-hydrogen) atoms. The topological polar surface area (TPSA) is 43.6 Å². The first-order valence-electron chi connectivity index (χ1n) is 5.23. The quantitative estimate of drug-likeness (QED) is 0.623. The van der Waals surface area contributed by atoms with Crippen LogP contribution < -0.4 is 5.32 Å². The van der Waals surface area contributed by atoms with Crippen LogP contribution in [-0.4, -0.2) is 40.0 Å². The Hall–Kier alpha value is -0.840. The first-order chi connectivity index (χ1) is 7.43. The van der Waals surface area contributed by atoms with E-state index in [0.717, 1.165) is 31.9 Å². The second kappa shape index (κ2) is 8.47. The maximum absolute atomic E-state index is 5.30. The number of hydrogen-bond donors (Lipinski definition) is 1. The van der Waals surface area contributed by atoms with Crippen molar-refractivity contribution >= 4 is 0 Å². The second-order valence-electron chi connectivity index (χ2n) is 3.18. The van der Waals surface area contributed by atoms with Crippen molar-refractivity contribution < 1.29 is 13.9 Å². The molecule has 4 nitrogen and oxygen atoms in total. The van der Waals surface area contributed by atoms with Gasteiger partial charge in [0.1, 0.15) is 5.76 Å². The highest BCUT2D eigenvalue weighted by Crippen LogP contribution is 1.99. The van der Waals surface area contributed by atoms with E-state index in [9.17, 15) is 0 Å². The monoisotopic (exact) mass is 213 g/mol. The van der Waals surface area contributed by atoms with Crippen LogP contribution in [0.4, 0.5) is 0 Å². The molecule has 1 N–H and O–H groups in total. The van der Waals surface area contributed by atoms with Crippen molar-refractivity contribution in [2.24, 2.45) is 0 Å². The minimum Gasteiger partial charge on any atom is -0.469 e. The molecular formula is C11H19NO3. The smallest absolute Gasteiger partial charge is 0.105 e. The molecule has 86 valence electrons. The fourth-order valence-corrected chi connectivity index (χ4v) is 1.18. The summed E-state index contributed by atoms with van der Waals surface area (Å²) in [4.78, 5) is 0. The SMILES string of the molecule is COCCOCCNCCc1ccco1. The molecular weight excluding hydrogens is 194 g/mol. The van der Waals surface area contributed by atoms with Gasteiger partial charge in [0.05, 0.1) is 26.1 Å². The zero-order chi connectivity index (χ0) is 10.8. The molecule has 0 aliphatic heterocycles. The van der Waals surface area contributed by atoms with E-state index in [-0.39, 0.29) is 0 Å². The molecule has 0 atom stereocenters. The highest BCUT2D eigenvalue weighted by Gasteiger charge is 1.94. The normalized spacial score (nSPS) is 10.7. The Morgan fingerprint density at radius 1 is 1.27 bits per heavy atom. The lowest BCUT2D eigenvalue weighted by atomic mass is 10.3. The molecule has 0 saturated heterocycles. The predicted molar refractivity (Wildman–Crippen MR) is 58.0 cm³/mol. The number of ether oxygens (including phenoxy) is 2. The third-order valence-electron chi connectivity index (χ3n) is 1.98. The van der Waals surface area contributed by atoms with Crippen LogP contribution in [0.2, 0.25) is 0 Å². The van der Waals surface area contributed by atoms with Crippen LogP contribution in [0.25, 0.3) is 0 Å². The van der Waals surface area contributed by atoms with Crippen LogP contribution in [0.1, 0.15) is 5.76 Å². The third-order valence-corrected chi connectivity index (χ3v) is 1.98. The summed E-state index contributed by atoms with van der Waals surface area (Å²) in [7, 11) is 1.67. The fourth-order valence-electron chi connectivity index (χ4n) is 1.18. The number of methoxy groups -OCH3 is 1. The molecule has 1 heterocycles. The molecule has 0 aliphatic rings. The van der Waals surface area contributed by atoms with Gasteiger partial charge in [-0.2, -0.15) is 0 Å². The Morgan fingerprint density at radius 3 is 2.93 bits per heavy atom. The summed E-state index contributed by atoms with van der Waals surface area (Å²) < 4.78 is 15.4. The fraction of sp³-hybridized carbons (Fsp3) is 0.636. The maximum atomic E-state index is 5.30. The van der Waals surface area contributed by atoms with Crippen LogP contribution in [0.5, 0.6) is 0 Å². The summed E-state index contributed by atoms with van der Waals surface area (Å²) in [6, 6.07) is 3.89. The van der Waals surface area contributed by atoms with E-state index < -0.39 is 0 Å². The zero-order valence-corrected chi connectivity index (χ0v) is 9.20. The summed E-state index contributed by atoms with van der Waals surface area (Å²) in [5.74, 6) is 1.02. The van der Waals surface area contributed by atoms with Gasteiger partial charge in [-0.05, 0) is 12.1 Å². The Morgan fingerprint density at radius 2 is 2.20 bits per heavy atom. The molecule has 0 unspecified atom stereocenters. The molecule has 0 fully saturated rings. The summed E-state index contributed by atoms with van der Waals surface area (Å²) in [5.41, 5.74) is 0. The molecule has 0 spiro atoms. The van der Waals surface area contributed by atoms with Gasteiger partial charge in [0, 0.05) is 26.6 Å². The van der Waals surface area contributed by atoms with E-state index in [4.69, 9.17) is 13.9 Å². The van der Waals surface area contributed by atoms with Crippen molar-refractivity contribution in [3.63, 3.8) is 0 Å². The predicted octanol–water partition coefficient (Wildman–Crippen LogP) is 1.07. The molecule has 1 aromatic rings. The summed E-state index contributed by atoms with van der Waals surface area (Å²) in [5, 5.41) is 3.27. The molecule has 0 amide bonds. The number of furan rings is 1. The summed E-state index contributed by atoms with van der Waals surface area (Å²) in [6.45, 7) is 3.83. The Bertz CT molecular complexity index is 224. The standard InChI is InChI=1S/C11H19NO3/c1-13-9-10-14-8-6-12-5-4-11-3-2-7-15-11/h2-3,7,12H,4-6,8-10H2,1H3. The molecule has 4 heteroatoms. The van der Waals surface area contributed by atoms with E-state index in [0.29, 0.717) is 13.2 Å². The molecule has 1 rings (SSSR count). The van der Waals surface area contributed by atoms with Crippen LogP contribution in [0.15, 0.2) is 22.8 Å². The van der Waals surface area contributed by atoms with Gasteiger partial charge >= 0.3 is 0 Å². The van der Waals surface area contributed by atoms with Crippen LogP contribution in [-0.2, 0) is 15.9 Å². The Kier molecular flexibility index (Phi) is 6.90. The van der Waals surface area contributed by atoms with Crippen molar-refractivity contribution in [1.29, 1.82) is 0 Å². The first-order valence-corrected chi connectivity index (χ1v) is 5.23. The van der Waals surface area contributed by atoms with Crippen molar-refractivity contribution in [2.75, 3.05) is 40.0 Å². The minimum atomic E-state index is 0.659. The van der Waals surface area contributed by atoms with Gasteiger partial charge < -0.3 is 19.2 Å². The largest absolute Gasteiger partial charge is 0.469 e. The lowest BCUT2D eigenvalue weighted by Gasteiger charge is -2.04. The summed E-state index contributed by atoms with van der Waals surface area (Å²) in [6.07, 6.45) is 2.62. The first kappa shape index (κ1) is 12.2. The highest BCUT2D eigenvalue weighted by atomic mass is 16.5. The van der Waals surface area contributed by atoms with Crippen LogP contribution in [0.3, 0.4) is 0 Å². The molecule has 0 radical (unpaired) electrons. The van der Waals surface area contributed by atoms with Crippen molar-refractivity contribution in [3.8, 4) is 0 Å². The van der Waals surface area contributed by atoms with E-state index in [1.165, 1.54) is 0 Å². The van der Waals surface area contributed by atoms with Gasteiger partial charge in [0.2, 0.25) is 0 Å². The van der Waals surface area contributed by atoms with Gasteiger partial charge in [-0.15, -0.1) is 0 Å². The van der Waals surface area contributed by atoms with E-state index >= 15 is 0 Å². The van der Waals surface area contributed by atoms with Crippen molar-refractivity contribution in [3.05, 3.63) is 24.2 Å². The number of hydrogen-bond acceptors (Lipinski definition) is 4. The Balaban J connectivity index is 1.81. The maximum Gasteiger partial charge on any atom is 0.105 e. The van der Waals surface area contributed by atoms with E-state index in [1.807, 2.05) is 12.1 Å². The average Bonchev–Trinajstić information content (AvgIpc) is 2.75. The van der Waals surface area contributed by atoms with Gasteiger partial charge in [0.25, 0.3) is 0 Å². The molecule has 0 aliphatic carbocycles. The van der Waals surface area contributed by atoms with E-state index in [2.05, 4.69) is 5.32 Å². The minimum absolute atomic E-state index is 0.659. The van der Waals surface area contributed by atoms with Gasteiger partial charge in [0.15, 0.2) is 0 Å². The zero-order valence-electron chi connectivity index (χ0n) is 9.20. The molecule has 1 aromatic heterocycles. The number of rotatable bonds is 9. The van der Waals surface area contributed by atoms with Gasteiger partial charge in [-0.25, -0.2) is 0 Å². The lowest BCUT2D eigenvalue weighted by molar-refractivity contribution is 0.0720. The molecule has 0 bridgehead atoms.